The molecule has 2 aliphatic carbocycles. The lowest BCUT2D eigenvalue weighted by molar-refractivity contribution is -0.146. The lowest BCUT2D eigenvalue weighted by Gasteiger charge is -2.34. The predicted octanol–water partition coefficient (Wildman–Crippen LogP) is 6.54. The quantitative estimate of drug-likeness (QED) is 0.111. The topological polar surface area (TPSA) is 174 Å². The number of hydrogen-bond donors (Lipinski definition) is 2. The fraction of sp³-hybridized carbons (Fsp3) is 0.386. The van der Waals surface area contributed by atoms with Gasteiger partial charge >= 0.3 is 11.9 Å². The molecule has 4 aromatic rings. The van der Waals surface area contributed by atoms with Gasteiger partial charge in [-0.25, -0.2) is 18.2 Å². The normalized spacial score (nSPS) is 16.6. The second kappa shape index (κ2) is 19.4. The van der Waals surface area contributed by atoms with Gasteiger partial charge in [0.15, 0.2) is 5.69 Å². The molecule has 2 amide bonds. The molecule has 0 radical (unpaired) electrons. The van der Waals surface area contributed by atoms with Gasteiger partial charge < -0.3 is 24.8 Å². The third kappa shape index (κ3) is 11.1. The Kier molecular flexibility index (Phi) is 14.1. The van der Waals surface area contributed by atoms with E-state index in [4.69, 9.17) is 14.2 Å². The van der Waals surface area contributed by atoms with Gasteiger partial charge in [0.1, 0.15) is 0 Å². The minimum absolute atomic E-state index is 0.0362. The molecule has 1 heterocycles. The van der Waals surface area contributed by atoms with Gasteiger partial charge in [-0.3, -0.25) is 19.3 Å². The first kappa shape index (κ1) is 43.0. The average molecular weight is 826 g/mol. The number of benzene rings is 3. The predicted molar refractivity (Wildman–Crippen MR) is 222 cm³/mol. The van der Waals surface area contributed by atoms with Crippen LogP contribution in [0, 0.1) is 11.8 Å². The number of methoxy groups -OCH3 is 2. The molecule has 312 valence electrons. The molecule has 2 fully saturated rings. The molecule has 14 nitrogen and oxygen atoms in total. The minimum Gasteiger partial charge on any atom is -0.477 e. The molecule has 0 atom stereocenters. The summed E-state index contributed by atoms with van der Waals surface area (Å²) in [6.07, 6.45) is 4.23. The maximum absolute atomic E-state index is 13.9. The fourth-order valence-corrected chi connectivity index (χ4v) is 8.97. The highest BCUT2D eigenvalue weighted by Gasteiger charge is 2.35. The molecule has 0 saturated heterocycles. The highest BCUT2D eigenvalue weighted by Crippen LogP contribution is 2.33. The molecule has 0 aliphatic heterocycles. The Labute approximate surface area is 345 Å². The zero-order valence-electron chi connectivity index (χ0n) is 33.8. The van der Waals surface area contributed by atoms with Crippen LogP contribution in [-0.2, 0) is 37.4 Å². The van der Waals surface area contributed by atoms with Gasteiger partial charge in [0, 0.05) is 43.0 Å². The average Bonchev–Trinajstić information content (AvgIpc) is 4.09. The van der Waals surface area contributed by atoms with Crippen LogP contribution < -0.4 is 15.4 Å². The van der Waals surface area contributed by atoms with Crippen molar-refractivity contribution >= 4 is 45.2 Å². The summed E-state index contributed by atoms with van der Waals surface area (Å²) in [4.78, 5) is 57.9. The number of sulfonamides is 1. The number of esters is 2. The second-order valence-electron chi connectivity index (χ2n) is 15.0. The van der Waals surface area contributed by atoms with E-state index in [-0.39, 0.29) is 58.2 Å². The number of amides is 2. The third-order valence-electron chi connectivity index (χ3n) is 10.6. The van der Waals surface area contributed by atoms with Crippen molar-refractivity contribution in [3.05, 3.63) is 113 Å². The van der Waals surface area contributed by atoms with Crippen LogP contribution in [0.3, 0.4) is 0 Å². The van der Waals surface area contributed by atoms with Crippen molar-refractivity contribution in [3.63, 3.8) is 0 Å². The number of carbonyl (C=O) groups excluding carboxylic acids is 4. The van der Waals surface area contributed by atoms with E-state index in [1.54, 1.807) is 43.3 Å². The Morgan fingerprint density at radius 3 is 2.03 bits per heavy atom. The zero-order valence-corrected chi connectivity index (χ0v) is 34.6. The highest BCUT2D eigenvalue weighted by atomic mass is 32.2. The summed E-state index contributed by atoms with van der Waals surface area (Å²) >= 11 is 0. The molecule has 0 bridgehead atoms. The number of anilines is 2. The first-order chi connectivity index (χ1) is 28.4. The molecule has 2 saturated carbocycles. The van der Waals surface area contributed by atoms with E-state index in [0.717, 1.165) is 24.0 Å². The maximum atomic E-state index is 13.9. The summed E-state index contributed by atoms with van der Waals surface area (Å²) in [7, 11) is 0.697. The number of pyridine rings is 1. The van der Waals surface area contributed by atoms with E-state index in [1.807, 2.05) is 31.3 Å². The van der Waals surface area contributed by atoms with Crippen molar-refractivity contribution in [2.45, 2.75) is 69.5 Å². The maximum Gasteiger partial charge on any atom is 0.337 e. The Morgan fingerprint density at radius 1 is 0.763 bits per heavy atom. The summed E-state index contributed by atoms with van der Waals surface area (Å²) in [5, 5.41) is 5.64. The Hall–Kier alpha value is -5.64. The number of carbonyl (C=O) groups is 4. The van der Waals surface area contributed by atoms with Crippen molar-refractivity contribution in [2.75, 3.05) is 45.1 Å². The van der Waals surface area contributed by atoms with Gasteiger partial charge in [-0.1, -0.05) is 37.3 Å². The van der Waals surface area contributed by atoms with Gasteiger partial charge in [-0.2, -0.15) is 4.31 Å². The molecule has 2 aliphatic rings. The van der Waals surface area contributed by atoms with Crippen LogP contribution in [0.5, 0.6) is 5.88 Å². The molecule has 2 N–H and O–H groups in total. The van der Waals surface area contributed by atoms with Crippen molar-refractivity contribution in [2.24, 2.45) is 11.8 Å². The van der Waals surface area contributed by atoms with Crippen LogP contribution in [0.2, 0.25) is 0 Å². The fourth-order valence-electron chi connectivity index (χ4n) is 7.23. The summed E-state index contributed by atoms with van der Waals surface area (Å²) < 4.78 is 44.8. The molecule has 0 unspecified atom stereocenters. The number of hydrogen-bond acceptors (Lipinski definition) is 11. The molecule has 1 aromatic heterocycles. The van der Waals surface area contributed by atoms with E-state index in [1.165, 1.54) is 42.8 Å². The Morgan fingerprint density at radius 2 is 1.42 bits per heavy atom. The number of rotatable bonds is 17. The summed E-state index contributed by atoms with van der Waals surface area (Å²) in [6, 6.07) is 23.3. The SMILES string of the molecule is CCN(C1CCC(C(=O)OC)CC1)S(=O)(=O)c1cccc(C(=O)Nc2ccc(OCC3CC3)nc2C(=O)Nc2ccc(CN(C)Cc3ccc(C(=O)OC)cc3)cc2)c1. The molecule has 3 aromatic carbocycles. The minimum atomic E-state index is -4.00. The number of ether oxygens (including phenoxy) is 3. The molecule has 6 rings (SSSR count). The van der Waals surface area contributed by atoms with E-state index >= 15 is 0 Å². The number of aromatic nitrogens is 1. The van der Waals surface area contributed by atoms with Gasteiger partial charge in [0.25, 0.3) is 11.8 Å². The van der Waals surface area contributed by atoms with Gasteiger partial charge in [0.2, 0.25) is 15.9 Å². The van der Waals surface area contributed by atoms with E-state index in [2.05, 4.69) is 20.5 Å². The second-order valence-corrected chi connectivity index (χ2v) is 16.9. The van der Waals surface area contributed by atoms with Crippen molar-refractivity contribution in [1.82, 2.24) is 14.2 Å². The van der Waals surface area contributed by atoms with Crippen LogP contribution in [0.1, 0.15) is 87.8 Å². The van der Waals surface area contributed by atoms with Gasteiger partial charge in [-0.15, -0.1) is 0 Å². The van der Waals surface area contributed by atoms with Gasteiger partial charge in [0.05, 0.1) is 42.9 Å². The molecular formula is C44H51N5O9S. The largest absolute Gasteiger partial charge is 0.477 e. The molecular weight excluding hydrogens is 775 g/mol. The van der Waals surface area contributed by atoms with E-state index < -0.39 is 21.8 Å². The van der Waals surface area contributed by atoms with Crippen molar-refractivity contribution in [1.29, 1.82) is 0 Å². The highest BCUT2D eigenvalue weighted by molar-refractivity contribution is 7.89. The summed E-state index contributed by atoms with van der Waals surface area (Å²) in [6.45, 7) is 3.74. The smallest absolute Gasteiger partial charge is 0.337 e. The Bertz CT molecular complexity index is 2240. The first-order valence-corrected chi connectivity index (χ1v) is 21.2. The van der Waals surface area contributed by atoms with Crippen molar-refractivity contribution < 1.29 is 41.8 Å². The van der Waals surface area contributed by atoms with Gasteiger partial charge in [-0.05, 0) is 111 Å². The summed E-state index contributed by atoms with van der Waals surface area (Å²) in [5.41, 5.74) is 3.18. The lowest BCUT2D eigenvalue weighted by atomic mass is 9.86. The number of nitrogens with one attached hydrogen (secondary N) is 2. The third-order valence-corrected chi connectivity index (χ3v) is 12.7. The first-order valence-electron chi connectivity index (χ1n) is 19.8. The zero-order chi connectivity index (χ0) is 42.1. The number of nitrogens with zero attached hydrogens (tertiary/aromatic N) is 3. The van der Waals surface area contributed by atoms with Crippen LogP contribution in [0.15, 0.2) is 89.8 Å². The van der Waals surface area contributed by atoms with Crippen LogP contribution in [-0.4, -0.2) is 86.8 Å². The van der Waals surface area contributed by atoms with E-state index in [9.17, 15) is 27.6 Å². The van der Waals surface area contributed by atoms with Crippen LogP contribution in [0.25, 0.3) is 0 Å². The standard InChI is InChI=1S/C44H51N5O9S/c1-5-49(36-21-17-33(18-22-36)44(53)57-4)59(54,55)37-8-6-7-34(25-37)41(50)46-38-23-24-39(58-28-31-9-10-31)47-40(38)42(51)45-35-19-13-30(14-20-35)27-48(2)26-29-11-15-32(16-12-29)43(52)56-3/h6-8,11-16,19-20,23-25,31,33,36H,5,9-10,17-18,21-22,26-28H2,1-4H3,(H,45,51)(H,46,50). The molecule has 15 heteroatoms. The lowest BCUT2D eigenvalue weighted by Crippen LogP contribution is -2.43. The summed E-state index contributed by atoms with van der Waals surface area (Å²) in [5.74, 6) is -1.42. The van der Waals surface area contributed by atoms with Crippen LogP contribution in [0.4, 0.5) is 11.4 Å². The Balaban J connectivity index is 1.13. The van der Waals surface area contributed by atoms with Crippen molar-refractivity contribution in [3.8, 4) is 5.88 Å². The van der Waals surface area contributed by atoms with E-state index in [0.29, 0.717) is 62.5 Å². The molecule has 0 spiro atoms. The monoisotopic (exact) mass is 825 g/mol. The van der Waals surface area contributed by atoms with Crippen LogP contribution >= 0.6 is 0 Å². The molecule has 59 heavy (non-hydrogen) atoms.